The van der Waals surface area contributed by atoms with Crippen LogP contribution in [0.2, 0.25) is 0 Å². The van der Waals surface area contributed by atoms with Crippen molar-refractivity contribution in [2.75, 3.05) is 26.3 Å². The molecule has 6 nitrogen and oxygen atoms in total. The Bertz CT molecular complexity index is 906. The number of hydrogen-bond acceptors (Lipinski definition) is 5. The molecular weight excluding hydrogens is 407 g/mol. The van der Waals surface area contributed by atoms with Crippen molar-refractivity contribution in [1.29, 1.82) is 0 Å². The van der Waals surface area contributed by atoms with Gasteiger partial charge in [-0.05, 0) is 57.1 Å². The first-order valence-corrected chi connectivity index (χ1v) is 11.1. The van der Waals surface area contributed by atoms with Crippen molar-refractivity contribution in [3.05, 3.63) is 29.8 Å². The van der Waals surface area contributed by atoms with Gasteiger partial charge in [0.15, 0.2) is 5.82 Å². The second kappa shape index (κ2) is 7.85. The zero-order valence-corrected chi connectivity index (χ0v) is 17.8. The van der Waals surface area contributed by atoms with Gasteiger partial charge in [-0.25, -0.2) is 9.67 Å². The number of fused-ring (bicyclic) bond motifs is 1. The van der Waals surface area contributed by atoms with E-state index >= 15 is 0 Å². The maximum absolute atomic E-state index is 12.8. The lowest BCUT2D eigenvalue weighted by atomic mass is 10.0. The fourth-order valence-electron chi connectivity index (χ4n) is 5.38. The normalized spacial score (nSPS) is 29.2. The van der Waals surface area contributed by atoms with Crippen molar-refractivity contribution < 1.29 is 17.9 Å². The SMILES string of the molecule is CC(C)n1nc(-c2ccc(C(F)(F)F)nc2)nc1C1C2CC(N3CCCOCC3)CC21. The number of ether oxygens (including phenoxy) is 1. The van der Waals surface area contributed by atoms with Gasteiger partial charge in [-0.3, -0.25) is 9.88 Å². The molecule has 2 aromatic rings. The fraction of sp³-hybridized carbons (Fsp3) is 0.682. The van der Waals surface area contributed by atoms with Crippen LogP contribution in [0.25, 0.3) is 11.4 Å². The average molecular weight is 435 g/mol. The molecular formula is C22H28F3N5O. The number of hydrogen-bond donors (Lipinski definition) is 0. The number of rotatable bonds is 4. The molecule has 31 heavy (non-hydrogen) atoms. The molecule has 2 aromatic heterocycles. The molecule has 0 radical (unpaired) electrons. The van der Waals surface area contributed by atoms with E-state index in [2.05, 4.69) is 28.8 Å². The Hall–Kier alpha value is -2.00. The van der Waals surface area contributed by atoms with E-state index in [0.717, 1.165) is 44.6 Å². The van der Waals surface area contributed by atoms with Gasteiger partial charge in [0.1, 0.15) is 11.5 Å². The molecule has 2 aliphatic carbocycles. The predicted octanol–water partition coefficient (Wildman–Crippen LogP) is 4.15. The van der Waals surface area contributed by atoms with Crippen LogP contribution < -0.4 is 0 Å². The molecule has 9 heteroatoms. The van der Waals surface area contributed by atoms with Crippen LogP contribution in [-0.4, -0.2) is 57.0 Å². The second-order valence-corrected chi connectivity index (χ2v) is 9.24. The van der Waals surface area contributed by atoms with E-state index in [0.29, 0.717) is 35.2 Å². The smallest absolute Gasteiger partial charge is 0.380 e. The maximum atomic E-state index is 12.8. The summed E-state index contributed by atoms with van der Waals surface area (Å²) in [5.74, 6) is 3.06. The van der Waals surface area contributed by atoms with E-state index in [-0.39, 0.29) is 6.04 Å². The Kier molecular flexibility index (Phi) is 5.29. The van der Waals surface area contributed by atoms with Gasteiger partial charge < -0.3 is 4.74 Å². The van der Waals surface area contributed by atoms with E-state index in [4.69, 9.17) is 9.72 Å². The van der Waals surface area contributed by atoms with Crippen molar-refractivity contribution in [2.45, 2.75) is 57.3 Å². The van der Waals surface area contributed by atoms with Gasteiger partial charge in [-0.15, -0.1) is 0 Å². The van der Waals surface area contributed by atoms with Crippen LogP contribution in [0.3, 0.4) is 0 Å². The van der Waals surface area contributed by atoms with Gasteiger partial charge >= 0.3 is 6.18 Å². The monoisotopic (exact) mass is 435 g/mol. The van der Waals surface area contributed by atoms with Crippen molar-refractivity contribution in [2.24, 2.45) is 11.8 Å². The predicted molar refractivity (Wildman–Crippen MR) is 108 cm³/mol. The largest absolute Gasteiger partial charge is 0.433 e. The summed E-state index contributed by atoms with van der Waals surface area (Å²) in [6.45, 7) is 7.93. The summed E-state index contributed by atoms with van der Waals surface area (Å²) in [5.41, 5.74) is -0.386. The Morgan fingerprint density at radius 1 is 1.10 bits per heavy atom. The number of pyridine rings is 1. The molecule has 0 N–H and O–H groups in total. The highest BCUT2D eigenvalue weighted by atomic mass is 19.4. The third kappa shape index (κ3) is 3.98. The van der Waals surface area contributed by atoms with Crippen LogP contribution in [-0.2, 0) is 10.9 Å². The summed E-state index contributed by atoms with van der Waals surface area (Å²) in [5, 5.41) is 4.64. The minimum Gasteiger partial charge on any atom is -0.380 e. The van der Waals surface area contributed by atoms with Crippen molar-refractivity contribution >= 4 is 0 Å². The average Bonchev–Trinajstić information content (AvgIpc) is 3.07. The molecule has 0 spiro atoms. The van der Waals surface area contributed by atoms with Gasteiger partial charge in [-0.1, -0.05) is 0 Å². The van der Waals surface area contributed by atoms with Crippen LogP contribution >= 0.6 is 0 Å². The first kappa shape index (κ1) is 20.9. The van der Waals surface area contributed by atoms with E-state index in [9.17, 15) is 13.2 Å². The van der Waals surface area contributed by atoms with Gasteiger partial charge in [0.25, 0.3) is 0 Å². The molecule has 0 bridgehead atoms. The van der Waals surface area contributed by atoms with Crippen LogP contribution in [0.4, 0.5) is 13.2 Å². The van der Waals surface area contributed by atoms with Crippen molar-refractivity contribution in [3.63, 3.8) is 0 Å². The zero-order valence-electron chi connectivity index (χ0n) is 17.8. The van der Waals surface area contributed by atoms with Gasteiger partial charge in [0.05, 0.1) is 6.61 Å². The molecule has 3 aliphatic rings. The minimum absolute atomic E-state index is 0.138. The molecule has 5 rings (SSSR count). The summed E-state index contributed by atoms with van der Waals surface area (Å²) in [4.78, 5) is 10.9. The highest BCUT2D eigenvalue weighted by molar-refractivity contribution is 5.53. The molecule has 0 amide bonds. The number of alkyl halides is 3. The Balaban J connectivity index is 1.33. The third-order valence-electron chi connectivity index (χ3n) is 6.95. The van der Waals surface area contributed by atoms with Gasteiger partial charge in [0, 0.05) is 49.5 Å². The first-order valence-electron chi connectivity index (χ1n) is 11.1. The van der Waals surface area contributed by atoms with Gasteiger partial charge in [0.2, 0.25) is 0 Å². The van der Waals surface area contributed by atoms with E-state index in [1.165, 1.54) is 25.1 Å². The first-order chi connectivity index (χ1) is 14.8. The summed E-state index contributed by atoms with van der Waals surface area (Å²) in [7, 11) is 0. The summed E-state index contributed by atoms with van der Waals surface area (Å²) < 4.78 is 46.0. The molecule has 2 saturated carbocycles. The van der Waals surface area contributed by atoms with E-state index in [1.54, 1.807) is 0 Å². The summed E-state index contributed by atoms with van der Waals surface area (Å²) >= 11 is 0. The highest BCUT2D eigenvalue weighted by Gasteiger charge is 2.59. The molecule has 3 fully saturated rings. The van der Waals surface area contributed by atoms with E-state index in [1.807, 2.05) is 4.68 Å². The second-order valence-electron chi connectivity index (χ2n) is 9.24. The Labute approximate surface area is 179 Å². The minimum atomic E-state index is -4.45. The summed E-state index contributed by atoms with van der Waals surface area (Å²) in [6.07, 6.45) is 0.226. The van der Waals surface area contributed by atoms with E-state index < -0.39 is 11.9 Å². The van der Waals surface area contributed by atoms with Crippen LogP contribution in [0.1, 0.15) is 56.6 Å². The Morgan fingerprint density at radius 2 is 1.87 bits per heavy atom. The fourth-order valence-corrected chi connectivity index (χ4v) is 5.38. The topological polar surface area (TPSA) is 56.1 Å². The highest BCUT2D eigenvalue weighted by Crippen LogP contribution is 2.63. The molecule has 3 heterocycles. The van der Waals surface area contributed by atoms with Crippen LogP contribution in [0.15, 0.2) is 18.3 Å². The molecule has 1 saturated heterocycles. The van der Waals surface area contributed by atoms with Crippen molar-refractivity contribution in [3.8, 4) is 11.4 Å². The molecule has 0 aromatic carbocycles. The van der Waals surface area contributed by atoms with Gasteiger partial charge in [-0.2, -0.15) is 18.3 Å². The quantitative estimate of drug-likeness (QED) is 0.722. The number of nitrogens with zero attached hydrogens (tertiary/aromatic N) is 5. The Morgan fingerprint density at radius 3 is 2.52 bits per heavy atom. The lowest BCUT2D eigenvalue weighted by molar-refractivity contribution is -0.141. The third-order valence-corrected chi connectivity index (χ3v) is 6.95. The lowest BCUT2D eigenvalue weighted by Gasteiger charge is -2.28. The molecule has 2 unspecified atom stereocenters. The van der Waals surface area contributed by atoms with Crippen molar-refractivity contribution in [1.82, 2.24) is 24.6 Å². The molecule has 168 valence electrons. The molecule has 1 aliphatic heterocycles. The lowest BCUT2D eigenvalue weighted by Crippen LogP contribution is -2.36. The maximum Gasteiger partial charge on any atom is 0.433 e. The summed E-state index contributed by atoms with van der Waals surface area (Å²) in [6, 6.07) is 3.16. The number of halogens is 3. The standard InChI is InChI=1S/C22H28F3N5O/c1-13(2)30-21(27-20(28-30)14-4-5-18(26-12-14)22(23,24)25)19-16-10-15(11-17(16)19)29-6-3-8-31-9-7-29/h4-5,12-13,15-17,19H,3,6-11H2,1-2H3. The van der Waals surface area contributed by atoms with Crippen LogP contribution in [0, 0.1) is 11.8 Å². The number of aromatic nitrogens is 4. The van der Waals surface area contributed by atoms with Crippen LogP contribution in [0.5, 0.6) is 0 Å². The zero-order chi connectivity index (χ0) is 21.8. The molecule has 2 atom stereocenters.